The molecule has 0 fully saturated rings. The fourth-order valence-corrected chi connectivity index (χ4v) is 1.76. The summed E-state index contributed by atoms with van der Waals surface area (Å²) in [5.41, 5.74) is 6.36. The molecule has 1 aromatic heterocycles. The molecule has 0 aliphatic carbocycles. The molecule has 1 aromatic carbocycles. The van der Waals surface area contributed by atoms with E-state index in [1.54, 1.807) is 25.3 Å². The van der Waals surface area contributed by atoms with Crippen molar-refractivity contribution in [2.45, 2.75) is 19.7 Å². The number of hydrogen-bond acceptors (Lipinski definition) is 4. The van der Waals surface area contributed by atoms with Crippen LogP contribution >= 0.6 is 0 Å². The Morgan fingerprint density at radius 1 is 1.40 bits per heavy atom. The van der Waals surface area contributed by atoms with Crippen LogP contribution in [-0.2, 0) is 13.2 Å². The highest BCUT2D eigenvalue weighted by Crippen LogP contribution is 2.24. The molecule has 7 heteroatoms. The largest absolute Gasteiger partial charge is 0.497 e. The zero-order valence-corrected chi connectivity index (χ0v) is 10.9. The number of aromatic nitrogens is 2. The first-order chi connectivity index (χ1) is 9.65. The molecule has 2 N–H and O–H groups in total. The maximum absolute atomic E-state index is 12.7. The predicted molar refractivity (Wildman–Crippen MR) is 68.7 cm³/mol. The Morgan fingerprint density at radius 2 is 2.20 bits per heavy atom. The summed E-state index contributed by atoms with van der Waals surface area (Å²) in [4.78, 5) is 3.84. The molecule has 0 saturated carbocycles. The highest BCUT2D eigenvalue weighted by atomic mass is 19.3. The second kappa shape index (κ2) is 6.33. The number of halogens is 2. The van der Waals surface area contributed by atoms with Crippen LogP contribution in [-0.4, -0.2) is 16.7 Å². The third-order valence-corrected chi connectivity index (χ3v) is 2.80. The minimum absolute atomic E-state index is 0.0589. The molecule has 0 unspecified atom stereocenters. The van der Waals surface area contributed by atoms with Gasteiger partial charge in [0.1, 0.15) is 18.1 Å². The summed E-state index contributed by atoms with van der Waals surface area (Å²) < 4.78 is 36.7. The van der Waals surface area contributed by atoms with E-state index in [1.807, 2.05) is 0 Å². The van der Waals surface area contributed by atoms with Crippen LogP contribution in [0.2, 0.25) is 0 Å². The number of hydrogen-bond donors (Lipinski definition) is 1. The van der Waals surface area contributed by atoms with E-state index in [4.69, 9.17) is 15.2 Å². The van der Waals surface area contributed by atoms with Crippen molar-refractivity contribution in [2.75, 3.05) is 7.11 Å². The molecule has 5 nitrogen and oxygen atoms in total. The normalized spacial score (nSPS) is 10.8. The van der Waals surface area contributed by atoms with Crippen molar-refractivity contribution in [3.05, 3.63) is 42.0 Å². The Bertz CT molecular complexity index is 572. The van der Waals surface area contributed by atoms with Gasteiger partial charge in [-0.25, -0.2) is 4.98 Å². The van der Waals surface area contributed by atoms with Gasteiger partial charge in [0.15, 0.2) is 5.82 Å². The van der Waals surface area contributed by atoms with Gasteiger partial charge in [-0.3, -0.25) is 4.57 Å². The van der Waals surface area contributed by atoms with Crippen molar-refractivity contribution in [1.29, 1.82) is 0 Å². The van der Waals surface area contributed by atoms with Crippen LogP contribution < -0.4 is 15.2 Å². The van der Waals surface area contributed by atoms with Crippen LogP contribution in [0.4, 0.5) is 8.78 Å². The fourth-order valence-electron chi connectivity index (χ4n) is 1.76. The summed E-state index contributed by atoms with van der Waals surface area (Å²) in [5.74, 6) is 1.34. The van der Waals surface area contributed by atoms with Crippen LogP contribution in [0.3, 0.4) is 0 Å². The zero-order valence-electron chi connectivity index (χ0n) is 10.9. The van der Waals surface area contributed by atoms with Gasteiger partial charge in [0.25, 0.3) is 0 Å². The second-order valence-electron chi connectivity index (χ2n) is 3.99. The van der Waals surface area contributed by atoms with Crippen molar-refractivity contribution < 1.29 is 18.3 Å². The van der Waals surface area contributed by atoms with Gasteiger partial charge in [-0.2, -0.15) is 8.78 Å². The molecule has 20 heavy (non-hydrogen) atoms. The summed E-state index contributed by atoms with van der Waals surface area (Å²) >= 11 is 0. The number of methoxy groups -OCH3 is 1. The Hall–Kier alpha value is -2.15. The predicted octanol–water partition coefficient (Wildman–Crippen LogP) is 2.32. The minimum atomic E-state index is -2.64. The smallest absolute Gasteiger partial charge is 0.320 e. The maximum Gasteiger partial charge on any atom is 0.320 e. The highest BCUT2D eigenvalue weighted by molar-refractivity contribution is 5.40. The number of ether oxygens (including phenoxy) is 2. The molecule has 0 atom stereocenters. The van der Waals surface area contributed by atoms with Crippen molar-refractivity contribution in [1.82, 2.24) is 9.55 Å². The van der Waals surface area contributed by atoms with Gasteiger partial charge in [0, 0.05) is 24.5 Å². The highest BCUT2D eigenvalue weighted by Gasteiger charge is 2.12. The van der Waals surface area contributed by atoms with E-state index in [2.05, 4.69) is 4.98 Å². The summed E-state index contributed by atoms with van der Waals surface area (Å²) in [5, 5.41) is 0. The zero-order chi connectivity index (χ0) is 14.5. The Labute approximate surface area is 114 Å². The van der Waals surface area contributed by atoms with E-state index in [0.717, 1.165) is 10.1 Å². The van der Waals surface area contributed by atoms with Crippen LogP contribution in [0, 0.1) is 0 Å². The Kier molecular flexibility index (Phi) is 4.52. The monoisotopic (exact) mass is 283 g/mol. The lowest BCUT2D eigenvalue weighted by molar-refractivity contribution is 0.0632. The van der Waals surface area contributed by atoms with Gasteiger partial charge >= 0.3 is 6.55 Å². The lowest BCUT2D eigenvalue weighted by atomic mass is 10.2. The lowest BCUT2D eigenvalue weighted by Crippen LogP contribution is -2.09. The van der Waals surface area contributed by atoms with Gasteiger partial charge in [-0.15, -0.1) is 0 Å². The lowest BCUT2D eigenvalue weighted by Gasteiger charge is -2.12. The molecule has 0 aliphatic rings. The van der Waals surface area contributed by atoms with Crippen molar-refractivity contribution in [3.8, 4) is 11.5 Å². The molecule has 0 amide bonds. The first-order valence-corrected chi connectivity index (χ1v) is 5.95. The number of nitrogens with zero attached hydrogens (tertiary/aromatic N) is 2. The summed E-state index contributed by atoms with van der Waals surface area (Å²) in [6.07, 6.45) is 2.52. The van der Waals surface area contributed by atoms with Crippen LogP contribution in [0.1, 0.15) is 17.9 Å². The number of rotatable bonds is 6. The van der Waals surface area contributed by atoms with Gasteiger partial charge < -0.3 is 15.2 Å². The first kappa shape index (κ1) is 14.3. The van der Waals surface area contributed by atoms with E-state index in [0.29, 0.717) is 11.5 Å². The minimum Gasteiger partial charge on any atom is -0.497 e. The molecule has 0 bridgehead atoms. The third kappa shape index (κ3) is 3.05. The number of benzene rings is 1. The van der Waals surface area contributed by atoms with Gasteiger partial charge in [-0.05, 0) is 18.2 Å². The van der Waals surface area contributed by atoms with Crippen molar-refractivity contribution >= 4 is 0 Å². The molecule has 1 heterocycles. The maximum atomic E-state index is 12.7. The van der Waals surface area contributed by atoms with Crippen LogP contribution in [0.15, 0.2) is 30.6 Å². The summed E-state index contributed by atoms with van der Waals surface area (Å²) in [6.45, 7) is -2.44. The second-order valence-corrected chi connectivity index (χ2v) is 3.99. The Morgan fingerprint density at radius 3 is 2.85 bits per heavy atom. The molecule has 2 rings (SSSR count). The summed E-state index contributed by atoms with van der Waals surface area (Å²) in [6, 6.07) is 5.15. The average molecular weight is 283 g/mol. The fraction of sp³-hybridized carbons (Fsp3) is 0.308. The van der Waals surface area contributed by atoms with Crippen LogP contribution in [0.5, 0.6) is 11.5 Å². The Balaban J connectivity index is 2.12. The topological polar surface area (TPSA) is 62.3 Å². The van der Waals surface area contributed by atoms with Gasteiger partial charge in [-0.1, -0.05) is 0 Å². The SMILES string of the molecule is COc1ccc(OCc2nccn2C(F)F)c(CN)c1. The van der Waals surface area contributed by atoms with Crippen LogP contribution in [0.25, 0.3) is 0 Å². The molecule has 0 saturated heterocycles. The molecule has 0 aliphatic heterocycles. The van der Waals surface area contributed by atoms with E-state index >= 15 is 0 Å². The van der Waals surface area contributed by atoms with Crippen molar-refractivity contribution in [2.24, 2.45) is 5.73 Å². The quantitative estimate of drug-likeness (QED) is 0.883. The van der Waals surface area contributed by atoms with E-state index in [-0.39, 0.29) is 19.0 Å². The summed E-state index contributed by atoms with van der Waals surface area (Å²) in [7, 11) is 1.55. The number of alkyl halides is 2. The molecule has 2 aromatic rings. The average Bonchev–Trinajstić information content (AvgIpc) is 2.93. The molecule has 108 valence electrons. The standard InChI is InChI=1S/C13H15F2N3O2/c1-19-10-2-3-11(9(6-10)7-16)20-8-12-17-4-5-18(12)13(14)15/h2-6,13H,7-8,16H2,1H3. The molecular weight excluding hydrogens is 268 g/mol. The third-order valence-electron chi connectivity index (χ3n) is 2.80. The molecule has 0 spiro atoms. The number of imidazole rings is 1. The molecular formula is C13H15F2N3O2. The van der Waals surface area contributed by atoms with Crippen molar-refractivity contribution in [3.63, 3.8) is 0 Å². The van der Waals surface area contributed by atoms with Gasteiger partial charge in [0.05, 0.1) is 7.11 Å². The molecule has 0 radical (unpaired) electrons. The van der Waals surface area contributed by atoms with E-state index in [9.17, 15) is 8.78 Å². The van der Waals surface area contributed by atoms with Gasteiger partial charge in [0.2, 0.25) is 0 Å². The number of nitrogens with two attached hydrogens (primary N) is 1. The first-order valence-electron chi connectivity index (χ1n) is 5.95. The van der Waals surface area contributed by atoms with E-state index < -0.39 is 6.55 Å². The van der Waals surface area contributed by atoms with E-state index in [1.165, 1.54) is 12.4 Å².